The van der Waals surface area contributed by atoms with Crippen LogP contribution < -0.4 is 9.47 Å². The Morgan fingerprint density at radius 3 is 2.22 bits per heavy atom. The summed E-state index contributed by atoms with van der Waals surface area (Å²) in [6, 6.07) is 31.4. The van der Waals surface area contributed by atoms with Gasteiger partial charge in [0, 0.05) is 62.3 Å². The standard InChI is InChI=1S/C63H76N4O11/c1-3-5-6-7-8-9-10-11-12-29-60(70)65(43-48-24-19-23-46-21-13-14-27-53(46)48)59-42-57(64-76-44-45-30-32-49(33-31-45)66(71)72)55-39-47(22-15-17-36-68)54(28-16-18-37-69)61-56-41-52(77-51-26-20-25-50(40-51)67(73)74)34-35-58(56)78-63(59,62(55)61)75-38-4-2/h4,13-14,19-21,23-27,30-35,39-41,47,54,59,61-62,68-69H,2-3,5-12,15-18,22,28-29,36-38,42-44H2,1H3/t47-,54+,59-,61+,62+,63+/m0/s1. The summed E-state index contributed by atoms with van der Waals surface area (Å²) >= 11 is 0. The molecule has 5 aromatic rings. The first-order chi connectivity index (χ1) is 38.1. The molecule has 8 rings (SSSR count). The minimum atomic E-state index is -1.53. The van der Waals surface area contributed by atoms with Gasteiger partial charge in [-0.1, -0.05) is 137 Å². The molecule has 1 saturated carbocycles. The first-order valence-electron chi connectivity index (χ1n) is 28.2. The minimum absolute atomic E-state index is 0.0181. The molecule has 3 aliphatic rings. The van der Waals surface area contributed by atoms with E-state index in [2.05, 4.69) is 43.8 Å². The normalized spacial score (nSPS) is 20.7. The number of aliphatic hydroxyl groups is 2. The fourth-order valence-electron chi connectivity index (χ4n) is 12.1. The third kappa shape index (κ3) is 13.8. The van der Waals surface area contributed by atoms with E-state index in [4.69, 9.17) is 24.2 Å². The van der Waals surface area contributed by atoms with E-state index >= 15 is 4.79 Å². The van der Waals surface area contributed by atoms with Gasteiger partial charge in [-0.15, -0.1) is 6.58 Å². The van der Waals surface area contributed by atoms with Gasteiger partial charge in [0.15, 0.2) is 0 Å². The van der Waals surface area contributed by atoms with Crippen molar-refractivity contribution in [1.82, 2.24) is 4.90 Å². The Kier molecular flexibility index (Phi) is 20.6. The molecule has 2 aliphatic carbocycles. The summed E-state index contributed by atoms with van der Waals surface area (Å²) in [6.07, 6.45) is 18.5. The van der Waals surface area contributed by atoms with Crippen molar-refractivity contribution in [3.05, 3.63) is 170 Å². The number of allylic oxidation sites excluding steroid dienone is 1. The lowest BCUT2D eigenvalue weighted by Gasteiger charge is -2.60. The maximum atomic E-state index is 15.6. The SMILES string of the molecule is C=CCO[C@@]12Oc3ccc(Oc4cccc([N+](=O)[O-])c4)cc3[C@H]3[C@H](CCCCO)[C@@H](CCCCO)C=C(C(=NOCc4ccc([N+](=O)[O-])cc4)C[C@@H]1N(Cc1cccc4ccccc14)C(=O)CCCCCCCCCCC)[C@H]32. The van der Waals surface area contributed by atoms with Crippen LogP contribution in [0, 0.1) is 38.0 Å². The Morgan fingerprint density at radius 2 is 1.49 bits per heavy atom. The van der Waals surface area contributed by atoms with Crippen LogP contribution in [0.5, 0.6) is 17.2 Å². The van der Waals surface area contributed by atoms with Crippen molar-refractivity contribution in [3.8, 4) is 17.2 Å². The second-order valence-corrected chi connectivity index (χ2v) is 21.1. The quantitative estimate of drug-likeness (QED) is 0.0185. The van der Waals surface area contributed by atoms with Gasteiger partial charge in [0.25, 0.3) is 11.4 Å². The molecule has 0 saturated heterocycles. The summed E-state index contributed by atoms with van der Waals surface area (Å²) in [4.78, 5) is 46.4. The lowest BCUT2D eigenvalue weighted by atomic mass is 9.55. The highest BCUT2D eigenvalue weighted by molar-refractivity contribution is 6.03. The molecule has 5 aromatic carbocycles. The summed E-state index contributed by atoms with van der Waals surface area (Å²) in [5.74, 6) is -1.37. The Morgan fingerprint density at radius 1 is 0.795 bits per heavy atom. The third-order valence-electron chi connectivity index (χ3n) is 15.9. The zero-order chi connectivity index (χ0) is 54.9. The number of carbonyl (C=O) groups excluding carboxylic acids is 1. The highest BCUT2D eigenvalue weighted by Crippen LogP contribution is 2.62. The molecule has 0 radical (unpaired) electrons. The van der Waals surface area contributed by atoms with Gasteiger partial charge in [-0.05, 0) is 108 Å². The van der Waals surface area contributed by atoms with Crippen LogP contribution in [0.25, 0.3) is 10.8 Å². The molecule has 1 aliphatic heterocycles. The van der Waals surface area contributed by atoms with Gasteiger partial charge in [0.05, 0.1) is 34.1 Å². The van der Waals surface area contributed by atoms with E-state index in [-0.39, 0.29) is 74.4 Å². The van der Waals surface area contributed by atoms with Crippen LogP contribution in [0.2, 0.25) is 0 Å². The Bertz CT molecular complexity index is 2880. The first-order valence-corrected chi connectivity index (χ1v) is 28.2. The fourth-order valence-corrected chi connectivity index (χ4v) is 12.1. The average Bonchev–Trinajstić information content (AvgIpc) is 2.08. The number of hydrogen-bond acceptors (Lipinski definition) is 12. The van der Waals surface area contributed by atoms with E-state index < -0.39 is 27.6 Å². The zero-order valence-corrected chi connectivity index (χ0v) is 45.1. The second kappa shape index (κ2) is 28.1. The Balaban J connectivity index is 1.30. The largest absolute Gasteiger partial charge is 0.459 e. The van der Waals surface area contributed by atoms with Crippen LogP contribution in [0.1, 0.15) is 139 Å². The minimum Gasteiger partial charge on any atom is -0.459 e. The van der Waals surface area contributed by atoms with Crippen LogP contribution >= 0.6 is 0 Å². The predicted molar refractivity (Wildman–Crippen MR) is 302 cm³/mol. The van der Waals surface area contributed by atoms with Crippen LogP contribution in [0.3, 0.4) is 0 Å². The van der Waals surface area contributed by atoms with Crippen molar-refractivity contribution in [2.24, 2.45) is 22.9 Å². The number of nitrogens with zero attached hydrogens (tertiary/aromatic N) is 4. The van der Waals surface area contributed by atoms with Crippen LogP contribution in [0.4, 0.5) is 11.4 Å². The van der Waals surface area contributed by atoms with Crippen molar-refractivity contribution in [3.63, 3.8) is 0 Å². The number of aliphatic hydroxyl groups excluding tert-OH is 2. The number of hydrogen-bond donors (Lipinski definition) is 2. The molecule has 414 valence electrons. The number of rotatable bonds is 31. The molecule has 1 heterocycles. The molecule has 0 aromatic heterocycles. The molecular weight excluding hydrogens is 989 g/mol. The fraction of sp³-hybridized carbons (Fsp3) is 0.460. The number of nitro benzene ring substituents is 2. The van der Waals surface area contributed by atoms with Crippen LogP contribution in [0.15, 0.2) is 139 Å². The molecule has 1 amide bonds. The van der Waals surface area contributed by atoms with Crippen molar-refractivity contribution in [2.75, 3.05) is 19.8 Å². The number of unbranched alkanes of at least 4 members (excludes halogenated alkanes) is 10. The molecule has 15 heteroatoms. The lowest BCUT2D eigenvalue weighted by molar-refractivity contribution is -0.385. The van der Waals surface area contributed by atoms with Crippen molar-refractivity contribution < 1.29 is 43.9 Å². The number of fused-ring (bicyclic) bond motifs is 3. The average molecular weight is 1070 g/mol. The van der Waals surface area contributed by atoms with Gasteiger partial charge >= 0.3 is 0 Å². The van der Waals surface area contributed by atoms with Crippen LogP contribution in [-0.4, -0.2) is 68.2 Å². The van der Waals surface area contributed by atoms with Gasteiger partial charge < -0.3 is 34.2 Å². The van der Waals surface area contributed by atoms with E-state index in [0.717, 1.165) is 66.0 Å². The van der Waals surface area contributed by atoms with Gasteiger partial charge in [0.2, 0.25) is 11.7 Å². The summed E-state index contributed by atoms with van der Waals surface area (Å²) in [5.41, 5.74) is 3.81. The van der Waals surface area contributed by atoms with E-state index in [1.165, 1.54) is 56.4 Å². The summed E-state index contributed by atoms with van der Waals surface area (Å²) in [7, 11) is 0. The maximum absolute atomic E-state index is 15.6. The number of amides is 1. The van der Waals surface area contributed by atoms with Gasteiger partial charge in [-0.3, -0.25) is 25.0 Å². The number of benzene rings is 5. The van der Waals surface area contributed by atoms with Gasteiger partial charge in [0.1, 0.15) is 29.9 Å². The molecule has 0 bridgehead atoms. The zero-order valence-electron chi connectivity index (χ0n) is 45.1. The third-order valence-corrected chi connectivity index (χ3v) is 15.9. The van der Waals surface area contributed by atoms with Crippen LogP contribution in [-0.2, 0) is 27.5 Å². The van der Waals surface area contributed by atoms with Crippen molar-refractivity contribution in [2.45, 2.75) is 147 Å². The molecule has 0 unspecified atom stereocenters. The van der Waals surface area contributed by atoms with E-state index in [1.807, 2.05) is 35.2 Å². The monoisotopic (exact) mass is 1060 g/mol. The van der Waals surface area contributed by atoms with E-state index in [9.17, 15) is 30.4 Å². The van der Waals surface area contributed by atoms with E-state index in [1.54, 1.807) is 36.4 Å². The van der Waals surface area contributed by atoms with Crippen molar-refractivity contribution in [1.29, 1.82) is 0 Å². The maximum Gasteiger partial charge on any atom is 0.273 e. The van der Waals surface area contributed by atoms with Gasteiger partial charge in [-0.25, -0.2) is 0 Å². The van der Waals surface area contributed by atoms with Crippen molar-refractivity contribution >= 4 is 33.8 Å². The predicted octanol–water partition coefficient (Wildman–Crippen LogP) is 14.2. The summed E-state index contributed by atoms with van der Waals surface area (Å²) in [6.45, 7) is 6.76. The smallest absolute Gasteiger partial charge is 0.273 e. The van der Waals surface area contributed by atoms with E-state index in [0.29, 0.717) is 60.6 Å². The summed E-state index contributed by atoms with van der Waals surface area (Å²) < 4.78 is 21.3. The molecule has 2 N–H and O–H groups in total. The highest BCUT2D eigenvalue weighted by Gasteiger charge is 2.65. The second-order valence-electron chi connectivity index (χ2n) is 21.1. The first kappa shape index (κ1) is 57.2. The molecule has 6 atom stereocenters. The van der Waals surface area contributed by atoms with Gasteiger partial charge in [-0.2, -0.15) is 0 Å². The molecule has 15 nitrogen and oxygen atoms in total. The molecule has 0 spiro atoms. The molecule has 1 fully saturated rings. The number of nitro groups is 2. The number of carbonyl (C=O) groups is 1. The summed E-state index contributed by atoms with van der Waals surface area (Å²) in [5, 5.41) is 50.7. The number of non-ortho nitro benzene ring substituents is 2. The topological polar surface area (TPSA) is 196 Å². The highest BCUT2D eigenvalue weighted by atomic mass is 16.7. The molecular formula is C63H76N4O11. The lowest BCUT2D eigenvalue weighted by Crippen LogP contribution is -2.70. The number of oxime groups is 1. The Labute approximate surface area is 458 Å². The molecule has 78 heavy (non-hydrogen) atoms. The number of ether oxygens (including phenoxy) is 3. The Hall–Kier alpha value is -6.94.